The number of esters is 1. The summed E-state index contributed by atoms with van der Waals surface area (Å²) in [6.07, 6.45) is 1.26. The molecule has 4 rings (SSSR count). The van der Waals surface area contributed by atoms with Crippen LogP contribution in [0, 0.1) is 28.6 Å². The summed E-state index contributed by atoms with van der Waals surface area (Å²) in [5.41, 5.74) is -3.24. The predicted molar refractivity (Wildman–Crippen MR) is 112 cm³/mol. The van der Waals surface area contributed by atoms with Crippen LogP contribution in [-0.2, 0) is 23.9 Å². The number of ether oxygens (including phenoxy) is 1. The number of hydrogen-bond donors (Lipinski definition) is 1. The molecule has 0 spiro atoms. The third kappa shape index (κ3) is 3.04. The lowest BCUT2D eigenvalue weighted by molar-refractivity contribution is -0.174. The SMILES string of the molecule is CC(=O)OCC(=O)[C@@]1(O)CC[C@H]2[C@@H]3C(Br)C(F)C4=CC(=O)CC[C@]4(C)[C@H]3C(=O)C[C@@]21C. The summed E-state index contributed by atoms with van der Waals surface area (Å²) in [4.78, 5) is 49.0. The van der Waals surface area contributed by atoms with Crippen LogP contribution in [0.1, 0.15) is 52.9 Å². The second-order valence-electron chi connectivity index (χ2n) is 10.2. The fourth-order valence-corrected chi connectivity index (χ4v) is 8.01. The highest BCUT2D eigenvalue weighted by Gasteiger charge is 2.71. The fraction of sp³-hybridized carbons (Fsp3) is 0.739. The van der Waals surface area contributed by atoms with E-state index in [4.69, 9.17) is 4.74 Å². The molecule has 0 aromatic carbocycles. The Labute approximate surface area is 189 Å². The summed E-state index contributed by atoms with van der Waals surface area (Å²) >= 11 is 3.50. The number of allylic oxidation sites excluding steroid dienone is 1. The Bertz CT molecular complexity index is 900. The maximum absolute atomic E-state index is 15.6. The minimum Gasteiger partial charge on any atom is -0.458 e. The smallest absolute Gasteiger partial charge is 0.303 e. The molecule has 4 aliphatic rings. The van der Waals surface area contributed by atoms with E-state index in [2.05, 4.69) is 15.9 Å². The second kappa shape index (κ2) is 7.30. The summed E-state index contributed by atoms with van der Waals surface area (Å²) in [5, 5.41) is 11.5. The zero-order valence-electron chi connectivity index (χ0n) is 18.0. The molecule has 0 amide bonds. The number of aliphatic hydroxyl groups is 1. The predicted octanol–water partition coefficient (Wildman–Crippen LogP) is 2.88. The van der Waals surface area contributed by atoms with Gasteiger partial charge in [-0.3, -0.25) is 19.2 Å². The van der Waals surface area contributed by atoms with Gasteiger partial charge in [0, 0.05) is 36.5 Å². The molecule has 3 fully saturated rings. The van der Waals surface area contributed by atoms with E-state index < -0.39 is 57.6 Å². The Morgan fingerprint density at radius 2 is 1.97 bits per heavy atom. The average Bonchev–Trinajstić information content (AvgIpc) is 2.96. The summed E-state index contributed by atoms with van der Waals surface area (Å²) in [5.74, 6) is -2.62. The van der Waals surface area contributed by atoms with Gasteiger partial charge >= 0.3 is 5.97 Å². The standard InChI is InChI=1S/C23H28BrFO6/c1-11(26)31-10-16(29)23(30)7-5-13-17-18(15(28)9-22(13,23)3)21(2)6-4-12(27)8-14(21)20(25)19(17)24/h8,13,17-20,30H,4-7,9-10H2,1-3H3/t13-,17-,18-,19?,20?,21-,22-,23-/m0/s1. The van der Waals surface area contributed by atoms with Crippen LogP contribution in [0.3, 0.4) is 0 Å². The van der Waals surface area contributed by atoms with E-state index >= 15 is 4.39 Å². The molecule has 1 N–H and O–H groups in total. The minimum atomic E-state index is -1.81. The van der Waals surface area contributed by atoms with Crippen LogP contribution in [0.15, 0.2) is 11.6 Å². The first kappa shape index (κ1) is 22.8. The zero-order valence-corrected chi connectivity index (χ0v) is 19.5. The van der Waals surface area contributed by atoms with Gasteiger partial charge in [0.25, 0.3) is 0 Å². The van der Waals surface area contributed by atoms with Crippen molar-refractivity contribution in [3.63, 3.8) is 0 Å². The lowest BCUT2D eigenvalue weighted by Crippen LogP contribution is -2.64. The molecule has 3 saturated carbocycles. The van der Waals surface area contributed by atoms with E-state index in [1.165, 1.54) is 13.0 Å². The Morgan fingerprint density at radius 3 is 2.61 bits per heavy atom. The van der Waals surface area contributed by atoms with Crippen LogP contribution in [0.25, 0.3) is 0 Å². The first-order valence-electron chi connectivity index (χ1n) is 10.8. The average molecular weight is 499 g/mol. The molecule has 2 unspecified atom stereocenters. The molecule has 0 heterocycles. The lowest BCUT2D eigenvalue weighted by Gasteiger charge is -2.59. The van der Waals surface area contributed by atoms with E-state index in [0.717, 1.165) is 0 Å². The van der Waals surface area contributed by atoms with Crippen LogP contribution in [0.2, 0.25) is 0 Å². The van der Waals surface area contributed by atoms with Gasteiger partial charge in [-0.25, -0.2) is 4.39 Å². The van der Waals surface area contributed by atoms with Crippen LogP contribution >= 0.6 is 15.9 Å². The molecule has 31 heavy (non-hydrogen) atoms. The molecule has 4 aliphatic carbocycles. The van der Waals surface area contributed by atoms with Crippen molar-refractivity contribution < 1.29 is 33.4 Å². The molecule has 8 atom stereocenters. The maximum Gasteiger partial charge on any atom is 0.303 e. The number of rotatable bonds is 3. The van der Waals surface area contributed by atoms with Gasteiger partial charge in [-0.1, -0.05) is 29.8 Å². The highest BCUT2D eigenvalue weighted by atomic mass is 79.9. The molecule has 8 heteroatoms. The summed E-state index contributed by atoms with van der Waals surface area (Å²) in [7, 11) is 0. The van der Waals surface area contributed by atoms with Crippen LogP contribution in [-0.4, -0.2) is 51.6 Å². The molecule has 0 saturated heterocycles. The van der Waals surface area contributed by atoms with Gasteiger partial charge in [-0.15, -0.1) is 0 Å². The summed E-state index contributed by atoms with van der Waals surface area (Å²) in [6, 6.07) is 0. The fourth-order valence-electron chi connectivity index (χ4n) is 7.05. The monoisotopic (exact) mass is 498 g/mol. The molecule has 0 aliphatic heterocycles. The topological polar surface area (TPSA) is 97.7 Å². The Kier molecular flexibility index (Phi) is 5.36. The molecule has 6 nitrogen and oxygen atoms in total. The molecule has 0 bridgehead atoms. The van der Waals surface area contributed by atoms with E-state index in [1.54, 1.807) is 6.92 Å². The summed E-state index contributed by atoms with van der Waals surface area (Å²) in [6.45, 7) is 4.24. The van der Waals surface area contributed by atoms with Gasteiger partial charge in [-0.05, 0) is 42.7 Å². The number of halogens is 2. The van der Waals surface area contributed by atoms with Crippen molar-refractivity contribution in [2.45, 2.75) is 69.5 Å². The van der Waals surface area contributed by atoms with E-state index in [-0.39, 0.29) is 36.7 Å². The van der Waals surface area contributed by atoms with Gasteiger partial charge in [0.15, 0.2) is 12.4 Å². The van der Waals surface area contributed by atoms with Gasteiger partial charge in [0.1, 0.15) is 17.6 Å². The number of fused-ring (bicyclic) bond motifs is 5. The molecular weight excluding hydrogens is 471 g/mol. The quantitative estimate of drug-likeness (QED) is 0.474. The molecule has 0 radical (unpaired) electrons. The zero-order chi connectivity index (χ0) is 22.9. The molecule has 170 valence electrons. The first-order chi connectivity index (χ1) is 14.4. The van der Waals surface area contributed by atoms with E-state index in [9.17, 15) is 24.3 Å². The van der Waals surface area contributed by atoms with Crippen LogP contribution < -0.4 is 0 Å². The number of carbonyl (C=O) groups is 4. The van der Waals surface area contributed by atoms with E-state index in [0.29, 0.717) is 18.4 Å². The highest BCUT2D eigenvalue weighted by molar-refractivity contribution is 9.09. The van der Waals surface area contributed by atoms with Crippen LogP contribution in [0.4, 0.5) is 4.39 Å². The van der Waals surface area contributed by atoms with Gasteiger partial charge in [0.2, 0.25) is 5.78 Å². The summed E-state index contributed by atoms with van der Waals surface area (Å²) < 4.78 is 20.4. The minimum absolute atomic E-state index is 0.00532. The second-order valence-corrected chi connectivity index (χ2v) is 11.2. The van der Waals surface area contributed by atoms with Crippen molar-refractivity contribution in [2.75, 3.05) is 6.61 Å². The Balaban J connectivity index is 1.74. The molecule has 0 aromatic rings. The number of ketones is 3. The van der Waals surface area contributed by atoms with Crippen molar-refractivity contribution in [1.29, 1.82) is 0 Å². The van der Waals surface area contributed by atoms with Gasteiger partial charge < -0.3 is 9.84 Å². The Hall–Kier alpha value is -1.41. The normalized spacial score (nSPS) is 46.5. The van der Waals surface area contributed by atoms with Crippen molar-refractivity contribution in [2.24, 2.45) is 28.6 Å². The number of alkyl halides is 2. The highest BCUT2D eigenvalue weighted by Crippen LogP contribution is 2.67. The molecule has 0 aromatic heterocycles. The van der Waals surface area contributed by atoms with Crippen molar-refractivity contribution >= 4 is 39.2 Å². The van der Waals surface area contributed by atoms with E-state index in [1.807, 2.05) is 6.92 Å². The maximum atomic E-state index is 15.6. The third-order valence-corrected chi connectivity index (χ3v) is 9.76. The van der Waals surface area contributed by atoms with Gasteiger partial charge in [0.05, 0.1) is 4.83 Å². The first-order valence-corrected chi connectivity index (χ1v) is 11.7. The van der Waals surface area contributed by atoms with Crippen molar-refractivity contribution in [1.82, 2.24) is 0 Å². The largest absolute Gasteiger partial charge is 0.458 e. The van der Waals surface area contributed by atoms with Gasteiger partial charge in [-0.2, -0.15) is 0 Å². The number of hydrogen-bond acceptors (Lipinski definition) is 6. The molecular formula is C23H28BrFO6. The number of Topliss-reactive ketones (excluding diaryl/α,β-unsaturated/α-hetero) is 2. The number of carbonyl (C=O) groups excluding carboxylic acids is 4. The Morgan fingerprint density at radius 1 is 1.29 bits per heavy atom. The lowest BCUT2D eigenvalue weighted by atomic mass is 9.45. The van der Waals surface area contributed by atoms with Crippen molar-refractivity contribution in [3.8, 4) is 0 Å². The van der Waals surface area contributed by atoms with Crippen LogP contribution in [0.5, 0.6) is 0 Å². The van der Waals surface area contributed by atoms with Crippen molar-refractivity contribution in [3.05, 3.63) is 11.6 Å². The third-order valence-electron chi connectivity index (χ3n) is 8.68.